The van der Waals surface area contributed by atoms with Crippen molar-refractivity contribution < 1.29 is 33.5 Å². The molecule has 0 saturated heterocycles. The Morgan fingerprint density at radius 2 is 1.41 bits per heavy atom. The number of carbonyl (C=O) groups excluding carboxylic acids is 3. The number of nitrogens with one attached hydrogen (secondary N) is 1. The Morgan fingerprint density at radius 3 is 1.74 bits per heavy atom. The molecule has 0 rings (SSSR count). The van der Waals surface area contributed by atoms with Crippen molar-refractivity contribution in [2.75, 3.05) is 0 Å². The second-order valence-corrected chi connectivity index (χ2v) is 8.16. The number of ether oxygens (including phenoxy) is 3. The molecule has 1 N–H and O–H groups in total. The Morgan fingerprint density at radius 1 is 0.963 bits per heavy atom. The van der Waals surface area contributed by atoms with Gasteiger partial charge in [-0.05, 0) is 55.4 Å². The van der Waals surface area contributed by atoms with E-state index in [1.54, 1.807) is 20.8 Å². The van der Waals surface area contributed by atoms with Gasteiger partial charge in [-0.3, -0.25) is 10.1 Å². The van der Waals surface area contributed by atoms with Crippen LogP contribution in [0.5, 0.6) is 0 Å². The number of hydrazine groups is 1. The summed E-state index contributed by atoms with van der Waals surface area (Å²) in [6, 6.07) is 0. The van der Waals surface area contributed by atoms with Crippen LogP contribution in [0.25, 0.3) is 0 Å². The summed E-state index contributed by atoms with van der Waals surface area (Å²) < 4.78 is 15.0. The summed E-state index contributed by atoms with van der Waals surface area (Å²) in [5.41, 5.74) is -2.86. The first-order valence-corrected chi connectivity index (χ1v) is 8.28. The van der Waals surface area contributed by atoms with Crippen molar-refractivity contribution in [3.05, 3.63) is 10.1 Å². The maximum atomic E-state index is 12.5. The van der Waals surface area contributed by atoms with E-state index < -0.39 is 46.0 Å². The van der Waals surface area contributed by atoms with Crippen LogP contribution in [-0.4, -0.2) is 51.1 Å². The molecule has 2 amide bonds. The zero-order valence-corrected chi connectivity index (χ0v) is 17.2. The molecular formula is C16H29N3O8. The van der Waals surface area contributed by atoms with E-state index in [2.05, 4.69) is 0 Å². The molecule has 0 aliphatic carbocycles. The number of esters is 1. The van der Waals surface area contributed by atoms with Gasteiger partial charge in [-0.1, -0.05) is 0 Å². The van der Waals surface area contributed by atoms with Gasteiger partial charge < -0.3 is 14.2 Å². The second-order valence-electron chi connectivity index (χ2n) is 8.16. The SMILES string of the molecule is CC(C)OC(=O)C(C)(N(NC(=O)OC(C)(C)C)C(=O)OC(C)(C)C)[N+](=O)[O-]. The van der Waals surface area contributed by atoms with Crippen molar-refractivity contribution in [3.63, 3.8) is 0 Å². The lowest BCUT2D eigenvalue weighted by atomic mass is 10.2. The summed E-state index contributed by atoms with van der Waals surface area (Å²) in [5.74, 6) is -1.36. The summed E-state index contributed by atoms with van der Waals surface area (Å²) >= 11 is 0. The quantitative estimate of drug-likeness (QED) is 0.254. The molecular weight excluding hydrogens is 362 g/mol. The standard InChI is InChI=1S/C16H29N3O8/c1-10(2)25-11(20)16(9,19(23)24)18(13(22)27-15(6,7)8)17-12(21)26-14(3,4)5/h10H,1-9H3,(H,17,21). The van der Waals surface area contributed by atoms with Crippen molar-refractivity contribution in [2.24, 2.45) is 0 Å². The van der Waals surface area contributed by atoms with Crippen LogP contribution in [0.1, 0.15) is 62.3 Å². The predicted molar refractivity (Wildman–Crippen MR) is 94.1 cm³/mol. The van der Waals surface area contributed by atoms with Gasteiger partial charge >= 0.3 is 23.8 Å². The van der Waals surface area contributed by atoms with E-state index in [0.29, 0.717) is 0 Å². The molecule has 27 heavy (non-hydrogen) atoms. The van der Waals surface area contributed by atoms with Crippen LogP contribution in [0.3, 0.4) is 0 Å². The summed E-state index contributed by atoms with van der Waals surface area (Å²) in [6.45, 7) is 13.0. The van der Waals surface area contributed by atoms with E-state index in [9.17, 15) is 24.5 Å². The van der Waals surface area contributed by atoms with Crippen LogP contribution in [-0.2, 0) is 19.0 Å². The highest BCUT2D eigenvalue weighted by molar-refractivity contribution is 5.85. The van der Waals surface area contributed by atoms with E-state index in [4.69, 9.17) is 14.2 Å². The van der Waals surface area contributed by atoms with Gasteiger partial charge in [0.1, 0.15) is 11.2 Å². The first-order valence-electron chi connectivity index (χ1n) is 8.28. The van der Waals surface area contributed by atoms with E-state index >= 15 is 0 Å². The number of carbonyl (C=O) groups is 3. The highest BCUT2D eigenvalue weighted by Crippen LogP contribution is 2.21. The van der Waals surface area contributed by atoms with Crippen LogP contribution in [0, 0.1) is 10.1 Å². The monoisotopic (exact) mass is 391 g/mol. The Balaban J connectivity index is 6.02. The third kappa shape index (κ3) is 7.67. The fourth-order valence-corrected chi connectivity index (χ4v) is 1.61. The van der Waals surface area contributed by atoms with Crippen molar-refractivity contribution in [2.45, 2.75) is 85.3 Å². The van der Waals surface area contributed by atoms with Gasteiger partial charge in [-0.15, -0.1) is 5.01 Å². The molecule has 0 aliphatic rings. The van der Waals surface area contributed by atoms with Crippen LogP contribution in [0.2, 0.25) is 0 Å². The summed E-state index contributed by atoms with van der Waals surface area (Å²) in [4.78, 5) is 47.6. The summed E-state index contributed by atoms with van der Waals surface area (Å²) in [7, 11) is 0. The minimum Gasteiger partial charge on any atom is -0.456 e. The molecule has 0 heterocycles. The van der Waals surface area contributed by atoms with Gasteiger partial charge in [-0.25, -0.2) is 19.8 Å². The van der Waals surface area contributed by atoms with Gasteiger partial charge in [0, 0.05) is 6.92 Å². The Labute approximate surface area is 158 Å². The van der Waals surface area contributed by atoms with Gasteiger partial charge in [-0.2, -0.15) is 0 Å². The zero-order valence-electron chi connectivity index (χ0n) is 17.2. The average Bonchev–Trinajstić information content (AvgIpc) is 2.38. The first kappa shape index (κ1) is 24.4. The Bertz CT molecular complexity index is 591. The fourth-order valence-electron chi connectivity index (χ4n) is 1.61. The van der Waals surface area contributed by atoms with Gasteiger partial charge in [0.05, 0.1) is 11.0 Å². The largest absolute Gasteiger partial charge is 0.456 e. The summed E-state index contributed by atoms with van der Waals surface area (Å²) in [5, 5.41) is 11.8. The predicted octanol–water partition coefficient (Wildman–Crippen LogP) is 2.61. The van der Waals surface area contributed by atoms with Gasteiger partial charge in [0.15, 0.2) is 0 Å². The minimum atomic E-state index is -2.79. The molecule has 0 saturated carbocycles. The van der Waals surface area contributed by atoms with E-state index in [0.717, 1.165) is 6.92 Å². The lowest BCUT2D eigenvalue weighted by Crippen LogP contribution is -2.67. The van der Waals surface area contributed by atoms with E-state index in [1.165, 1.54) is 34.6 Å². The lowest BCUT2D eigenvalue weighted by Gasteiger charge is -2.33. The highest BCUT2D eigenvalue weighted by atomic mass is 16.7. The van der Waals surface area contributed by atoms with Crippen molar-refractivity contribution >= 4 is 18.2 Å². The molecule has 0 spiro atoms. The molecule has 11 heteroatoms. The maximum absolute atomic E-state index is 12.5. The molecule has 0 aromatic rings. The molecule has 0 aliphatic heterocycles. The third-order valence-corrected chi connectivity index (χ3v) is 2.70. The van der Waals surface area contributed by atoms with Crippen LogP contribution in [0.4, 0.5) is 9.59 Å². The maximum Gasteiger partial charge on any atom is 0.435 e. The number of nitrogens with zero attached hydrogens (tertiary/aromatic N) is 2. The van der Waals surface area contributed by atoms with Crippen molar-refractivity contribution in [1.82, 2.24) is 10.4 Å². The van der Waals surface area contributed by atoms with Crippen LogP contribution in [0.15, 0.2) is 0 Å². The molecule has 1 unspecified atom stereocenters. The molecule has 0 fully saturated rings. The minimum absolute atomic E-state index is 0.164. The number of hydrogen-bond donors (Lipinski definition) is 1. The Hall–Kier alpha value is -2.59. The number of rotatable bonds is 4. The molecule has 0 aromatic heterocycles. The number of amides is 2. The van der Waals surface area contributed by atoms with Gasteiger partial charge in [0.25, 0.3) is 0 Å². The third-order valence-electron chi connectivity index (χ3n) is 2.70. The molecule has 11 nitrogen and oxygen atoms in total. The van der Waals surface area contributed by atoms with Crippen molar-refractivity contribution in [1.29, 1.82) is 0 Å². The van der Waals surface area contributed by atoms with Crippen LogP contribution < -0.4 is 5.43 Å². The van der Waals surface area contributed by atoms with E-state index in [-0.39, 0.29) is 5.01 Å². The van der Waals surface area contributed by atoms with E-state index in [1.807, 2.05) is 5.43 Å². The first-order chi connectivity index (χ1) is 11.9. The number of hydrogen-bond acceptors (Lipinski definition) is 8. The topological polar surface area (TPSA) is 137 Å². The number of nitro groups is 1. The molecule has 156 valence electrons. The second kappa shape index (κ2) is 8.40. The zero-order chi connectivity index (χ0) is 21.8. The molecule has 1 atom stereocenters. The average molecular weight is 391 g/mol. The van der Waals surface area contributed by atoms with Crippen molar-refractivity contribution in [3.8, 4) is 0 Å². The summed E-state index contributed by atoms with van der Waals surface area (Å²) in [6.07, 6.45) is -3.20. The smallest absolute Gasteiger partial charge is 0.435 e. The molecule has 0 aromatic carbocycles. The highest BCUT2D eigenvalue weighted by Gasteiger charge is 2.58. The fraction of sp³-hybridized carbons (Fsp3) is 0.812. The van der Waals surface area contributed by atoms with Gasteiger partial charge in [0.2, 0.25) is 0 Å². The lowest BCUT2D eigenvalue weighted by molar-refractivity contribution is -0.579. The normalized spacial score (nSPS) is 14.0. The Kier molecular flexibility index (Phi) is 7.59. The molecule has 0 radical (unpaired) electrons. The molecule has 0 bridgehead atoms. The van der Waals surface area contributed by atoms with Crippen LogP contribution >= 0.6 is 0 Å².